The fraction of sp³-hybridized carbons (Fsp3) is 0.176. The molecule has 0 saturated carbocycles. The van der Waals surface area contributed by atoms with Gasteiger partial charge < -0.3 is 5.32 Å². The van der Waals surface area contributed by atoms with Crippen molar-refractivity contribution in [3.05, 3.63) is 66.0 Å². The Morgan fingerprint density at radius 2 is 1.78 bits per heavy atom. The summed E-state index contributed by atoms with van der Waals surface area (Å²) >= 11 is 0. The van der Waals surface area contributed by atoms with E-state index in [0.717, 1.165) is 10.6 Å². The Balaban J connectivity index is 1.87. The van der Waals surface area contributed by atoms with Crippen LogP contribution in [0.1, 0.15) is 11.5 Å². The van der Waals surface area contributed by atoms with E-state index in [9.17, 15) is 14.0 Å². The zero-order valence-electron chi connectivity index (χ0n) is 12.3. The Morgan fingerprint density at radius 1 is 1.13 bits per heavy atom. The van der Waals surface area contributed by atoms with Crippen LogP contribution in [0.15, 0.2) is 54.6 Å². The molecule has 0 bridgehead atoms. The lowest BCUT2D eigenvalue weighted by Crippen LogP contribution is -2.37. The Hall–Kier alpha value is -2.73. The molecule has 1 fully saturated rings. The van der Waals surface area contributed by atoms with E-state index in [1.54, 1.807) is 6.07 Å². The summed E-state index contributed by atoms with van der Waals surface area (Å²) in [6.45, 7) is 0.248. The van der Waals surface area contributed by atoms with Gasteiger partial charge in [0.25, 0.3) is 0 Å². The summed E-state index contributed by atoms with van der Waals surface area (Å²) in [6.07, 6.45) is 0. The van der Waals surface area contributed by atoms with Crippen molar-refractivity contribution < 1.29 is 14.0 Å². The summed E-state index contributed by atoms with van der Waals surface area (Å²) in [6, 6.07) is 15.1. The van der Waals surface area contributed by atoms with Crippen molar-refractivity contribution in [1.82, 2.24) is 5.01 Å². The molecule has 0 aliphatic carbocycles. The highest BCUT2D eigenvalue weighted by molar-refractivity contribution is 6.08. The van der Waals surface area contributed by atoms with Crippen LogP contribution in [0.4, 0.5) is 10.1 Å². The third-order valence-corrected chi connectivity index (χ3v) is 3.99. The number of hydrogen-bond donors (Lipinski definition) is 2. The zero-order valence-corrected chi connectivity index (χ0v) is 12.3. The summed E-state index contributed by atoms with van der Waals surface area (Å²) in [5.41, 5.74) is 0.898. The molecule has 0 radical (unpaired) electrons. The number of nitrogens with two attached hydrogens (primary N) is 1. The van der Waals surface area contributed by atoms with Crippen LogP contribution in [-0.4, -0.2) is 23.4 Å². The highest BCUT2D eigenvalue weighted by Gasteiger charge is 2.44. The third kappa shape index (κ3) is 2.93. The van der Waals surface area contributed by atoms with Crippen LogP contribution in [-0.2, 0) is 9.59 Å². The Kier molecular flexibility index (Phi) is 4.08. The van der Waals surface area contributed by atoms with Crippen LogP contribution >= 0.6 is 0 Å². The molecular weight excluding hydrogens is 297 g/mol. The highest BCUT2D eigenvalue weighted by atomic mass is 19.1. The van der Waals surface area contributed by atoms with E-state index in [1.165, 1.54) is 18.2 Å². The number of rotatable bonds is 3. The number of nitrogens with one attached hydrogen (secondary N) is 1. The average Bonchev–Trinajstić information content (AvgIpc) is 2.86. The van der Waals surface area contributed by atoms with Gasteiger partial charge in [-0.05, 0) is 17.7 Å². The van der Waals surface area contributed by atoms with Gasteiger partial charge in [0.1, 0.15) is 11.7 Å². The van der Waals surface area contributed by atoms with Crippen molar-refractivity contribution in [2.75, 3.05) is 11.9 Å². The van der Waals surface area contributed by atoms with Crippen molar-refractivity contribution in [2.45, 2.75) is 5.92 Å². The first-order valence-electron chi connectivity index (χ1n) is 7.24. The Labute approximate surface area is 132 Å². The lowest BCUT2D eigenvalue weighted by atomic mass is 9.88. The standard InChI is InChI=1S/C17H16FN3O2/c18-13-8-4-5-9-14(13)20-16(22)15-12(10-21(19)17(15)23)11-6-2-1-3-7-11/h1-9,12,15H,10,19H2,(H,20,22). The normalized spacial score (nSPS) is 20.6. The Bertz CT molecular complexity index is 736. The Morgan fingerprint density at radius 3 is 2.48 bits per heavy atom. The molecule has 2 atom stereocenters. The van der Waals surface area contributed by atoms with E-state index in [4.69, 9.17) is 5.84 Å². The maximum absolute atomic E-state index is 13.7. The van der Waals surface area contributed by atoms with Gasteiger partial charge in [-0.2, -0.15) is 0 Å². The lowest BCUT2D eigenvalue weighted by molar-refractivity contribution is -0.136. The van der Waals surface area contributed by atoms with Crippen LogP contribution in [0.5, 0.6) is 0 Å². The second-order valence-corrected chi connectivity index (χ2v) is 5.45. The number of hydrogen-bond acceptors (Lipinski definition) is 3. The highest BCUT2D eigenvalue weighted by Crippen LogP contribution is 2.33. The summed E-state index contributed by atoms with van der Waals surface area (Å²) < 4.78 is 13.7. The minimum atomic E-state index is -0.970. The summed E-state index contributed by atoms with van der Waals surface area (Å²) in [4.78, 5) is 24.8. The number of amides is 2. The maximum Gasteiger partial charge on any atom is 0.249 e. The first-order valence-corrected chi connectivity index (χ1v) is 7.24. The largest absolute Gasteiger partial charge is 0.323 e. The zero-order chi connectivity index (χ0) is 16.4. The quantitative estimate of drug-likeness (QED) is 0.516. The second kappa shape index (κ2) is 6.18. The minimum absolute atomic E-state index is 0.0487. The van der Waals surface area contributed by atoms with E-state index >= 15 is 0 Å². The molecule has 0 aromatic heterocycles. The lowest BCUT2D eigenvalue weighted by Gasteiger charge is -2.17. The van der Waals surface area contributed by atoms with Crippen molar-refractivity contribution in [3.63, 3.8) is 0 Å². The van der Waals surface area contributed by atoms with Gasteiger partial charge in [-0.1, -0.05) is 42.5 Å². The van der Waals surface area contributed by atoms with E-state index in [1.807, 2.05) is 30.3 Å². The van der Waals surface area contributed by atoms with Gasteiger partial charge in [0.05, 0.1) is 5.69 Å². The van der Waals surface area contributed by atoms with Crippen molar-refractivity contribution >= 4 is 17.5 Å². The molecule has 3 N–H and O–H groups in total. The number of benzene rings is 2. The number of nitrogens with zero attached hydrogens (tertiary/aromatic N) is 1. The minimum Gasteiger partial charge on any atom is -0.323 e. The van der Waals surface area contributed by atoms with Crippen molar-refractivity contribution in [1.29, 1.82) is 0 Å². The first-order chi connectivity index (χ1) is 11.1. The van der Waals surface area contributed by atoms with Gasteiger partial charge in [0, 0.05) is 12.5 Å². The van der Waals surface area contributed by atoms with E-state index < -0.39 is 23.5 Å². The molecule has 0 spiro atoms. The van der Waals surface area contributed by atoms with Gasteiger partial charge in [0.2, 0.25) is 11.8 Å². The predicted molar refractivity (Wildman–Crippen MR) is 83.6 cm³/mol. The van der Waals surface area contributed by atoms with Crippen LogP contribution in [0.2, 0.25) is 0 Å². The second-order valence-electron chi connectivity index (χ2n) is 5.45. The summed E-state index contributed by atoms with van der Waals surface area (Å²) in [7, 11) is 0. The molecular formula is C17H16FN3O2. The molecule has 23 heavy (non-hydrogen) atoms. The molecule has 1 heterocycles. The van der Waals surface area contributed by atoms with E-state index in [-0.39, 0.29) is 18.2 Å². The number of halogens is 1. The number of carbonyl (C=O) groups is 2. The smallest absolute Gasteiger partial charge is 0.249 e. The van der Waals surface area contributed by atoms with Gasteiger partial charge in [-0.15, -0.1) is 0 Å². The predicted octanol–water partition coefficient (Wildman–Crippen LogP) is 1.88. The number of hydrazine groups is 1. The molecule has 5 nitrogen and oxygen atoms in total. The van der Waals surface area contributed by atoms with E-state index in [2.05, 4.69) is 5.32 Å². The molecule has 1 aliphatic rings. The fourth-order valence-electron chi connectivity index (χ4n) is 2.82. The molecule has 2 aromatic carbocycles. The van der Waals surface area contributed by atoms with Crippen molar-refractivity contribution in [3.8, 4) is 0 Å². The van der Waals surface area contributed by atoms with Gasteiger partial charge in [0.15, 0.2) is 0 Å². The van der Waals surface area contributed by atoms with Crippen LogP contribution in [0.3, 0.4) is 0 Å². The first kappa shape index (κ1) is 15.2. The third-order valence-electron chi connectivity index (χ3n) is 3.99. The van der Waals surface area contributed by atoms with Crippen LogP contribution < -0.4 is 11.2 Å². The molecule has 2 aromatic rings. The average molecular weight is 313 g/mol. The van der Waals surface area contributed by atoms with Crippen molar-refractivity contribution in [2.24, 2.45) is 11.8 Å². The molecule has 2 unspecified atom stereocenters. The van der Waals surface area contributed by atoms with Gasteiger partial charge >= 0.3 is 0 Å². The molecule has 6 heteroatoms. The summed E-state index contributed by atoms with van der Waals surface area (Å²) in [5.74, 6) is 2.79. The number of para-hydroxylation sites is 1. The van der Waals surface area contributed by atoms with Crippen LogP contribution in [0, 0.1) is 11.7 Å². The molecule has 2 amide bonds. The summed E-state index contributed by atoms with van der Waals surface area (Å²) in [5, 5.41) is 3.53. The van der Waals surface area contributed by atoms with Gasteiger partial charge in [-0.3, -0.25) is 14.6 Å². The van der Waals surface area contributed by atoms with Crippen LogP contribution in [0.25, 0.3) is 0 Å². The van der Waals surface area contributed by atoms with E-state index in [0.29, 0.717) is 0 Å². The fourth-order valence-corrected chi connectivity index (χ4v) is 2.82. The van der Waals surface area contributed by atoms with Gasteiger partial charge in [-0.25, -0.2) is 10.2 Å². The molecule has 1 saturated heterocycles. The molecule has 118 valence electrons. The monoisotopic (exact) mass is 313 g/mol. The number of carbonyl (C=O) groups excluding carboxylic acids is 2. The molecule has 3 rings (SSSR count). The number of anilines is 1. The maximum atomic E-state index is 13.7. The molecule has 1 aliphatic heterocycles. The topological polar surface area (TPSA) is 75.4 Å². The SMILES string of the molecule is NN1CC(c2ccccc2)C(C(=O)Nc2ccccc2F)C1=O.